The highest BCUT2D eigenvalue weighted by Gasteiger charge is 2.26. The molecule has 0 aromatic carbocycles. The molecular weight excluding hydrogens is 178 g/mol. The largest absolute Gasteiger partial charge is 0.381 e. The summed E-state index contributed by atoms with van der Waals surface area (Å²) in [6.07, 6.45) is 2.16. The molecular formula is C10H21N3O. The van der Waals surface area contributed by atoms with Gasteiger partial charge in [0, 0.05) is 26.3 Å². The summed E-state index contributed by atoms with van der Waals surface area (Å²) < 4.78 is 5.32. The average Bonchev–Trinajstić information content (AvgIpc) is 2.17. The zero-order chi connectivity index (χ0) is 10.4. The Labute approximate surface area is 85.9 Å². The monoisotopic (exact) mass is 199 g/mol. The maximum atomic E-state index is 5.67. The van der Waals surface area contributed by atoms with Crippen molar-refractivity contribution in [2.45, 2.75) is 26.7 Å². The quantitative estimate of drug-likeness (QED) is 0.520. The molecule has 4 heteroatoms. The van der Waals surface area contributed by atoms with E-state index in [0.29, 0.717) is 5.96 Å². The number of hydrogen-bond donors (Lipinski definition) is 2. The normalized spacial score (nSPS) is 22.0. The van der Waals surface area contributed by atoms with Crippen molar-refractivity contribution in [2.24, 2.45) is 16.1 Å². The lowest BCUT2D eigenvalue weighted by Crippen LogP contribution is -2.35. The fourth-order valence-corrected chi connectivity index (χ4v) is 1.54. The molecule has 1 fully saturated rings. The lowest BCUT2D eigenvalue weighted by atomic mass is 9.83. The van der Waals surface area contributed by atoms with Crippen LogP contribution in [0.25, 0.3) is 0 Å². The smallest absolute Gasteiger partial charge is 0.188 e. The van der Waals surface area contributed by atoms with E-state index in [9.17, 15) is 0 Å². The van der Waals surface area contributed by atoms with E-state index in [1.165, 1.54) is 0 Å². The molecule has 4 nitrogen and oxygen atoms in total. The third kappa shape index (κ3) is 3.54. The summed E-state index contributed by atoms with van der Waals surface area (Å²) in [5.74, 6) is 0.556. The summed E-state index contributed by atoms with van der Waals surface area (Å²) in [6, 6.07) is 0. The Hall–Kier alpha value is -0.770. The topological polar surface area (TPSA) is 59.6 Å². The number of nitrogens with one attached hydrogen (secondary N) is 1. The minimum Gasteiger partial charge on any atom is -0.381 e. The van der Waals surface area contributed by atoms with Crippen molar-refractivity contribution < 1.29 is 4.74 Å². The van der Waals surface area contributed by atoms with Crippen LogP contribution in [0.2, 0.25) is 0 Å². The van der Waals surface area contributed by atoms with Crippen molar-refractivity contribution in [3.8, 4) is 0 Å². The molecule has 82 valence electrons. The molecule has 0 saturated carbocycles. The zero-order valence-electron chi connectivity index (χ0n) is 9.18. The second-order valence-electron chi connectivity index (χ2n) is 4.15. The lowest BCUT2D eigenvalue weighted by Gasteiger charge is -2.31. The summed E-state index contributed by atoms with van der Waals surface area (Å²) >= 11 is 0. The number of rotatable bonds is 3. The van der Waals surface area contributed by atoms with Crippen LogP contribution < -0.4 is 11.1 Å². The first-order valence-corrected chi connectivity index (χ1v) is 5.28. The third-order valence-electron chi connectivity index (χ3n) is 2.69. The molecule has 0 radical (unpaired) electrons. The molecule has 14 heavy (non-hydrogen) atoms. The Bertz CT molecular complexity index is 198. The average molecular weight is 199 g/mol. The number of guanidine groups is 1. The van der Waals surface area contributed by atoms with Gasteiger partial charge in [0.15, 0.2) is 5.96 Å². The van der Waals surface area contributed by atoms with E-state index in [1.807, 2.05) is 6.92 Å². The predicted molar refractivity (Wildman–Crippen MR) is 58.3 cm³/mol. The Balaban J connectivity index is 2.37. The van der Waals surface area contributed by atoms with Crippen molar-refractivity contribution >= 4 is 5.96 Å². The summed E-state index contributed by atoms with van der Waals surface area (Å²) in [7, 11) is 0. The van der Waals surface area contributed by atoms with Gasteiger partial charge in [-0.15, -0.1) is 0 Å². The zero-order valence-corrected chi connectivity index (χ0v) is 9.18. The summed E-state index contributed by atoms with van der Waals surface area (Å²) in [5, 5.41) is 3.00. The first kappa shape index (κ1) is 11.3. The molecule has 1 aliphatic heterocycles. The maximum absolute atomic E-state index is 5.67. The van der Waals surface area contributed by atoms with E-state index in [2.05, 4.69) is 17.2 Å². The van der Waals surface area contributed by atoms with Gasteiger partial charge in [-0.3, -0.25) is 4.99 Å². The van der Waals surface area contributed by atoms with Crippen molar-refractivity contribution in [3.63, 3.8) is 0 Å². The van der Waals surface area contributed by atoms with Crippen LogP contribution in [0.5, 0.6) is 0 Å². The SMILES string of the molecule is CCNC(N)=NCC1(C)CCOCC1. The standard InChI is InChI=1S/C10H21N3O/c1-3-12-9(11)13-8-10(2)4-6-14-7-5-10/h3-8H2,1-2H3,(H3,11,12,13). The van der Waals surface area contributed by atoms with Gasteiger partial charge < -0.3 is 15.8 Å². The van der Waals surface area contributed by atoms with E-state index in [0.717, 1.165) is 39.1 Å². The van der Waals surface area contributed by atoms with Crippen LogP contribution in [0.15, 0.2) is 4.99 Å². The van der Waals surface area contributed by atoms with Gasteiger partial charge in [-0.05, 0) is 25.2 Å². The molecule has 0 spiro atoms. The fourth-order valence-electron chi connectivity index (χ4n) is 1.54. The van der Waals surface area contributed by atoms with E-state index < -0.39 is 0 Å². The third-order valence-corrected chi connectivity index (χ3v) is 2.69. The van der Waals surface area contributed by atoms with Gasteiger partial charge >= 0.3 is 0 Å². The number of nitrogens with zero attached hydrogens (tertiary/aromatic N) is 1. The first-order chi connectivity index (χ1) is 6.66. The molecule has 3 N–H and O–H groups in total. The van der Waals surface area contributed by atoms with Gasteiger partial charge in [0.1, 0.15) is 0 Å². The first-order valence-electron chi connectivity index (χ1n) is 5.28. The van der Waals surface area contributed by atoms with Crippen molar-refractivity contribution in [3.05, 3.63) is 0 Å². The van der Waals surface area contributed by atoms with Gasteiger partial charge in [-0.2, -0.15) is 0 Å². The fraction of sp³-hybridized carbons (Fsp3) is 0.900. The van der Waals surface area contributed by atoms with Crippen LogP contribution >= 0.6 is 0 Å². The lowest BCUT2D eigenvalue weighted by molar-refractivity contribution is 0.0283. The van der Waals surface area contributed by atoms with E-state index in [-0.39, 0.29) is 5.41 Å². The Morgan fingerprint density at radius 1 is 1.50 bits per heavy atom. The molecule has 0 bridgehead atoms. The Kier molecular flexibility index (Phi) is 4.20. The Morgan fingerprint density at radius 2 is 2.14 bits per heavy atom. The number of aliphatic imine (C=N–C) groups is 1. The highest BCUT2D eigenvalue weighted by atomic mass is 16.5. The van der Waals surface area contributed by atoms with Crippen LogP contribution in [0, 0.1) is 5.41 Å². The van der Waals surface area contributed by atoms with E-state index >= 15 is 0 Å². The van der Waals surface area contributed by atoms with Crippen molar-refractivity contribution in [1.29, 1.82) is 0 Å². The molecule has 1 saturated heterocycles. The summed E-state index contributed by atoms with van der Waals surface area (Å²) in [4.78, 5) is 4.34. The minimum absolute atomic E-state index is 0.276. The van der Waals surface area contributed by atoms with Gasteiger partial charge in [-0.1, -0.05) is 6.92 Å². The molecule has 0 aromatic heterocycles. The number of ether oxygens (including phenoxy) is 1. The van der Waals surface area contributed by atoms with Gasteiger partial charge in [0.05, 0.1) is 0 Å². The molecule has 1 heterocycles. The molecule has 1 rings (SSSR count). The molecule has 0 unspecified atom stereocenters. The second-order valence-corrected chi connectivity index (χ2v) is 4.15. The van der Waals surface area contributed by atoms with E-state index in [4.69, 9.17) is 10.5 Å². The summed E-state index contributed by atoms with van der Waals surface area (Å²) in [5.41, 5.74) is 5.94. The number of hydrogen-bond acceptors (Lipinski definition) is 2. The van der Waals surface area contributed by atoms with Crippen LogP contribution in [-0.2, 0) is 4.74 Å². The predicted octanol–water partition coefficient (Wildman–Crippen LogP) is 0.727. The van der Waals surface area contributed by atoms with Crippen LogP contribution in [0.1, 0.15) is 26.7 Å². The van der Waals surface area contributed by atoms with Gasteiger partial charge in [0.25, 0.3) is 0 Å². The molecule has 0 atom stereocenters. The Morgan fingerprint density at radius 3 is 2.71 bits per heavy atom. The van der Waals surface area contributed by atoms with Crippen LogP contribution in [0.3, 0.4) is 0 Å². The molecule has 1 aliphatic rings. The van der Waals surface area contributed by atoms with E-state index in [1.54, 1.807) is 0 Å². The minimum atomic E-state index is 0.276. The molecule has 0 aliphatic carbocycles. The van der Waals surface area contributed by atoms with Crippen molar-refractivity contribution in [1.82, 2.24) is 5.32 Å². The molecule has 0 aromatic rings. The highest BCUT2D eigenvalue weighted by molar-refractivity contribution is 5.77. The highest BCUT2D eigenvalue weighted by Crippen LogP contribution is 2.29. The molecule has 0 amide bonds. The van der Waals surface area contributed by atoms with Crippen molar-refractivity contribution in [2.75, 3.05) is 26.3 Å². The number of nitrogens with two attached hydrogens (primary N) is 1. The second kappa shape index (κ2) is 5.20. The van der Waals surface area contributed by atoms with Crippen LogP contribution in [0.4, 0.5) is 0 Å². The maximum Gasteiger partial charge on any atom is 0.188 e. The summed E-state index contributed by atoms with van der Waals surface area (Å²) in [6.45, 7) is 7.60. The van der Waals surface area contributed by atoms with Gasteiger partial charge in [-0.25, -0.2) is 0 Å². The van der Waals surface area contributed by atoms with Gasteiger partial charge in [0.2, 0.25) is 0 Å². The van der Waals surface area contributed by atoms with Crippen LogP contribution in [-0.4, -0.2) is 32.3 Å².